The Morgan fingerprint density at radius 3 is 2.50 bits per heavy atom. The number of benzene rings is 1. The number of allylic oxidation sites excluding steroid dienone is 4. The Bertz CT molecular complexity index is 771. The average molecular weight is 299 g/mol. The molecule has 1 unspecified atom stereocenters. The highest BCUT2D eigenvalue weighted by atomic mass is 19.1. The van der Waals surface area contributed by atoms with Crippen molar-refractivity contribution in [1.29, 1.82) is 0 Å². The number of rotatable bonds is 2. The van der Waals surface area contributed by atoms with Crippen LogP contribution in [0.25, 0.3) is 5.57 Å². The van der Waals surface area contributed by atoms with Crippen molar-refractivity contribution < 1.29 is 14.6 Å². The van der Waals surface area contributed by atoms with Crippen molar-refractivity contribution in [3.05, 3.63) is 65.7 Å². The largest absolute Gasteiger partial charge is 0.508 e. The quantitative estimate of drug-likeness (QED) is 0.793. The highest BCUT2D eigenvalue weighted by Gasteiger charge is 2.41. The van der Waals surface area contributed by atoms with Gasteiger partial charge in [-0.25, -0.2) is 14.4 Å². The van der Waals surface area contributed by atoms with Gasteiger partial charge in [-0.1, -0.05) is 18.2 Å². The van der Waals surface area contributed by atoms with Crippen molar-refractivity contribution in [3.63, 3.8) is 0 Å². The molecular formula is C16H14FN3O2. The number of alkyl halides is 1. The molecule has 0 amide bonds. The fraction of sp³-hybridized carbons (Fsp3) is 0.125. The molecule has 0 saturated carbocycles. The van der Waals surface area contributed by atoms with E-state index in [1.807, 2.05) is 0 Å². The lowest BCUT2D eigenvalue weighted by Gasteiger charge is -2.28. The number of hydrogen-bond donors (Lipinski definition) is 3. The normalized spacial score (nSPS) is 21.1. The number of nitrogens with zero attached hydrogens (tertiary/aromatic N) is 2. The minimum Gasteiger partial charge on any atom is -0.508 e. The Morgan fingerprint density at radius 1 is 1.09 bits per heavy atom. The molecule has 1 aliphatic rings. The minimum atomic E-state index is -2.15. The summed E-state index contributed by atoms with van der Waals surface area (Å²) in [4.78, 5) is 7.62. The number of aromatic hydroxyl groups is 1. The van der Waals surface area contributed by atoms with Crippen LogP contribution in [0.3, 0.4) is 0 Å². The molecule has 1 aromatic heterocycles. The molecule has 1 heterocycles. The van der Waals surface area contributed by atoms with Crippen LogP contribution in [0.15, 0.2) is 54.4 Å². The summed E-state index contributed by atoms with van der Waals surface area (Å²) in [6.45, 7) is 0. The van der Waals surface area contributed by atoms with Crippen molar-refractivity contribution >= 4 is 11.5 Å². The van der Waals surface area contributed by atoms with Crippen LogP contribution < -0.4 is 5.73 Å². The first kappa shape index (κ1) is 14.1. The lowest BCUT2D eigenvalue weighted by atomic mass is 9.84. The highest BCUT2D eigenvalue weighted by molar-refractivity contribution is 5.71. The smallest absolute Gasteiger partial charge is 0.220 e. The van der Waals surface area contributed by atoms with E-state index in [1.54, 1.807) is 18.2 Å². The standard InChI is InChI=1S/C16H14FN3O2/c17-16(13-7-8-19-15(18)20-13)9-11(3-6-14(16)22)10-1-4-12(21)5-2-10/h1-8,21-22H,9H2,(H2,18,19,20). The summed E-state index contributed by atoms with van der Waals surface area (Å²) in [6.07, 6.45) is 4.22. The predicted molar refractivity (Wildman–Crippen MR) is 80.6 cm³/mol. The third-order valence-electron chi connectivity index (χ3n) is 3.60. The second kappa shape index (κ2) is 5.14. The van der Waals surface area contributed by atoms with Gasteiger partial charge in [0.15, 0.2) is 0 Å². The van der Waals surface area contributed by atoms with E-state index in [9.17, 15) is 10.2 Å². The highest BCUT2D eigenvalue weighted by Crippen LogP contribution is 2.43. The number of aromatic nitrogens is 2. The summed E-state index contributed by atoms with van der Waals surface area (Å²) in [6, 6.07) is 7.81. The zero-order chi connectivity index (χ0) is 15.7. The number of aliphatic hydroxyl groups is 1. The van der Waals surface area contributed by atoms with E-state index < -0.39 is 11.4 Å². The molecule has 0 bridgehead atoms. The van der Waals surface area contributed by atoms with Crippen LogP contribution in [-0.2, 0) is 5.67 Å². The van der Waals surface area contributed by atoms with E-state index in [0.717, 1.165) is 5.56 Å². The Hall–Kier alpha value is -2.89. The van der Waals surface area contributed by atoms with Crippen molar-refractivity contribution in [1.82, 2.24) is 9.97 Å². The van der Waals surface area contributed by atoms with E-state index in [2.05, 4.69) is 9.97 Å². The van der Waals surface area contributed by atoms with Crippen LogP contribution in [0.4, 0.5) is 10.3 Å². The number of nitrogen functional groups attached to an aromatic ring is 1. The van der Waals surface area contributed by atoms with Gasteiger partial charge < -0.3 is 15.9 Å². The molecule has 2 aromatic rings. The van der Waals surface area contributed by atoms with Crippen LogP contribution >= 0.6 is 0 Å². The van der Waals surface area contributed by atoms with Crippen molar-refractivity contribution in [2.45, 2.75) is 12.1 Å². The van der Waals surface area contributed by atoms with Crippen LogP contribution in [0.5, 0.6) is 5.75 Å². The molecule has 0 aliphatic heterocycles. The Kier molecular flexibility index (Phi) is 3.29. The first-order valence-electron chi connectivity index (χ1n) is 6.67. The van der Waals surface area contributed by atoms with E-state index in [0.29, 0.717) is 5.57 Å². The second-order valence-corrected chi connectivity index (χ2v) is 5.07. The van der Waals surface area contributed by atoms with Crippen LogP contribution in [0.1, 0.15) is 17.7 Å². The van der Waals surface area contributed by atoms with Crippen LogP contribution in [-0.4, -0.2) is 20.2 Å². The zero-order valence-corrected chi connectivity index (χ0v) is 11.6. The minimum absolute atomic E-state index is 0.0122. The molecule has 0 fully saturated rings. The Labute approximate surface area is 126 Å². The van der Waals surface area contributed by atoms with Gasteiger partial charge in [-0.3, -0.25) is 0 Å². The van der Waals surface area contributed by atoms with Gasteiger partial charge in [0.05, 0.1) is 5.69 Å². The summed E-state index contributed by atoms with van der Waals surface area (Å²) in [7, 11) is 0. The summed E-state index contributed by atoms with van der Waals surface area (Å²) < 4.78 is 15.3. The van der Waals surface area contributed by atoms with Gasteiger partial charge in [-0.05, 0) is 35.4 Å². The molecule has 112 valence electrons. The van der Waals surface area contributed by atoms with Gasteiger partial charge in [0.1, 0.15) is 11.5 Å². The summed E-state index contributed by atoms with van der Waals surface area (Å²) in [5, 5.41) is 19.3. The maximum absolute atomic E-state index is 15.3. The van der Waals surface area contributed by atoms with E-state index in [4.69, 9.17) is 5.73 Å². The molecule has 0 spiro atoms. The maximum atomic E-state index is 15.3. The third-order valence-corrected chi connectivity index (χ3v) is 3.60. The molecule has 1 atom stereocenters. The lowest BCUT2D eigenvalue weighted by molar-refractivity contribution is 0.137. The lowest BCUT2D eigenvalue weighted by Crippen LogP contribution is -2.27. The van der Waals surface area contributed by atoms with Gasteiger partial charge in [-0.2, -0.15) is 0 Å². The van der Waals surface area contributed by atoms with Crippen LogP contribution in [0, 0.1) is 0 Å². The monoisotopic (exact) mass is 299 g/mol. The fourth-order valence-corrected chi connectivity index (χ4v) is 2.41. The summed E-state index contributed by atoms with van der Waals surface area (Å²) in [5.41, 5.74) is 4.79. The predicted octanol–water partition coefficient (Wildman–Crippen LogP) is 2.86. The van der Waals surface area contributed by atoms with E-state index >= 15 is 4.39 Å². The van der Waals surface area contributed by atoms with Crippen molar-refractivity contribution in [3.8, 4) is 5.75 Å². The summed E-state index contributed by atoms with van der Waals surface area (Å²) in [5.74, 6) is -0.343. The molecule has 3 rings (SSSR count). The molecule has 4 N–H and O–H groups in total. The van der Waals surface area contributed by atoms with Crippen molar-refractivity contribution in [2.24, 2.45) is 0 Å². The number of hydrogen-bond acceptors (Lipinski definition) is 5. The Balaban J connectivity index is 2.00. The first-order valence-corrected chi connectivity index (χ1v) is 6.67. The number of halogens is 1. The molecular weight excluding hydrogens is 285 g/mol. The van der Waals surface area contributed by atoms with E-state index in [-0.39, 0.29) is 23.8 Å². The van der Waals surface area contributed by atoms with Gasteiger partial charge in [-0.15, -0.1) is 0 Å². The molecule has 1 aromatic carbocycles. The van der Waals surface area contributed by atoms with E-state index in [1.165, 1.54) is 30.5 Å². The summed E-state index contributed by atoms with van der Waals surface area (Å²) >= 11 is 0. The topological polar surface area (TPSA) is 92.3 Å². The number of phenols is 1. The first-order chi connectivity index (χ1) is 10.5. The fourth-order valence-electron chi connectivity index (χ4n) is 2.41. The van der Waals surface area contributed by atoms with Gasteiger partial charge in [0.2, 0.25) is 11.6 Å². The van der Waals surface area contributed by atoms with Crippen molar-refractivity contribution in [2.75, 3.05) is 5.73 Å². The molecule has 5 nitrogen and oxygen atoms in total. The number of phenolic OH excluding ortho intramolecular Hbond substituents is 1. The number of aliphatic hydroxyl groups excluding tert-OH is 1. The van der Waals surface area contributed by atoms with Crippen LogP contribution in [0.2, 0.25) is 0 Å². The molecule has 0 radical (unpaired) electrons. The zero-order valence-electron chi connectivity index (χ0n) is 11.6. The average Bonchev–Trinajstić information content (AvgIpc) is 2.51. The molecule has 1 aliphatic carbocycles. The maximum Gasteiger partial charge on any atom is 0.220 e. The number of anilines is 1. The van der Waals surface area contributed by atoms with Gasteiger partial charge in [0.25, 0.3) is 0 Å². The number of nitrogens with two attached hydrogens (primary N) is 1. The van der Waals surface area contributed by atoms with Gasteiger partial charge >= 0.3 is 0 Å². The molecule has 0 saturated heterocycles. The third kappa shape index (κ3) is 2.39. The molecule has 6 heteroatoms. The SMILES string of the molecule is Nc1nccc(C2(F)CC(c3ccc(O)cc3)=CC=C2O)n1. The Morgan fingerprint density at radius 2 is 1.82 bits per heavy atom. The van der Waals surface area contributed by atoms with Gasteiger partial charge in [0, 0.05) is 12.6 Å². The second-order valence-electron chi connectivity index (χ2n) is 5.07. The molecule has 22 heavy (non-hydrogen) atoms.